The zero-order chi connectivity index (χ0) is 9.12. The lowest BCUT2D eigenvalue weighted by molar-refractivity contribution is -0.134. The first kappa shape index (κ1) is 10.7. The third kappa shape index (κ3) is 9.70. The number of alkyl halides is 3. The molecular weight excluding hydrogens is 185 g/mol. The number of halogens is 3. The zero-order valence-corrected chi connectivity index (χ0v) is 6.37. The van der Waals surface area contributed by atoms with E-state index in [2.05, 4.69) is 4.74 Å². The maximum atomic E-state index is 11.3. The Bertz CT molecular complexity index is 205. The molecule has 7 heteroatoms. The van der Waals surface area contributed by atoms with E-state index in [4.69, 9.17) is 0 Å². The number of hydrogen-bond donors (Lipinski definition) is 0. The van der Waals surface area contributed by atoms with Gasteiger partial charge in [-0.05, 0) is 0 Å². The Hall–Kier alpha value is -0.300. The SMILES string of the molecule is CS(=O)(=O)CO[CH]C(F)(F)F. The van der Waals surface area contributed by atoms with Gasteiger partial charge in [-0.25, -0.2) is 8.42 Å². The summed E-state index contributed by atoms with van der Waals surface area (Å²) in [6.45, 7) is -0.464. The van der Waals surface area contributed by atoms with Gasteiger partial charge in [-0.3, -0.25) is 0 Å². The summed E-state index contributed by atoms with van der Waals surface area (Å²) in [6.07, 6.45) is -3.82. The lowest BCUT2D eigenvalue weighted by Gasteiger charge is -2.04. The highest BCUT2D eigenvalue weighted by Crippen LogP contribution is 2.18. The minimum atomic E-state index is -4.59. The standard InChI is InChI=1S/C4H6F3O3S/c1-11(8,9)3-10-2-4(5,6)7/h2H,3H2,1H3. The molecule has 0 rings (SSSR count). The predicted octanol–water partition coefficient (Wildman–Crippen LogP) is 0.729. The van der Waals surface area contributed by atoms with Gasteiger partial charge in [0.15, 0.2) is 16.4 Å². The zero-order valence-electron chi connectivity index (χ0n) is 5.55. The van der Waals surface area contributed by atoms with Crippen LogP contribution in [0.3, 0.4) is 0 Å². The Labute approximate surface area is 62.1 Å². The number of ether oxygens (including phenoxy) is 1. The summed E-state index contributed by atoms with van der Waals surface area (Å²) < 4.78 is 57.9. The van der Waals surface area contributed by atoms with Crippen molar-refractivity contribution < 1.29 is 26.3 Å². The van der Waals surface area contributed by atoms with Crippen LogP contribution in [0.4, 0.5) is 13.2 Å². The second-order valence-corrected chi connectivity index (χ2v) is 3.96. The van der Waals surface area contributed by atoms with Crippen LogP contribution in [0.2, 0.25) is 0 Å². The quantitative estimate of drug-likeness (QED) is 0.660. The van der Waals surface area contributed by atoms with Gasteiger partial charge in [0.2, 0.25) is 0 Å². The third-order valence-electron chi connectivity index (χ3n) is 0.499. The van der Waals surface area contributed by atoms with Crippen LogP contribution < -0.4 is 0 Å². The molecule has 0 heterocycles. The number of sulfone groups is 1. The van der Waals surface area contributed by atoms with Gasteiger partial charge in [-0.1, -0.05) is 0 Å². The Kier molecular flexibility index (Phi) is 3.30. The Morgan fingerprint density at radius 3 is 2.18 bits per heavy atom. The van der Waals surface area contributed by atoms with Crippen molar-refractivity contribution in [3.8, 4) is 0 Å². The van der Waals surface area contributed by atoms with Crippen molar-refractivity contribution >= 4 is 9.84 Å². The molecule has 0 spiro atoms. The molecule has 1 radical (unpaired) electrons. The van der Waals surface area contributed by atoms with Gasteiger partial charge >= 0.3 is 6.18 Å². The van der Waals surface area contributed by atoms with Crippen LogP contribution >= 0.6 is 0 Å². The van der Waals surface area contributed by atoms with Crippen LogP contribution in [0.1, 0.15) is 0 Å². The smallest absolute Gasteiger partial charge is 0.350 e. The first-order chi connectivity index (χ1) is 4.71. The Balaban J connectivity index is 3.61. The van der Waals surface area contributed by atoms with Crippen molar-refractivity contribution in [1.29, 1.82) is 0 Å². The Morgan fingerprint density at radius 2 is 1.91 bits per heavy atom. The average molecular weight is 191 g/mol. The summed E-state index contributed by atoms with van der Waals surface area (Å²) in [4.78, 5) is 0. The van der Waals surface area contributed by atoms with E-state index in [1.807, 2.05) is 0 Å². The summed E-state index contributed by atoms with van der Waals surface area (Å²) >= 11 is 0. The molecule has 67 valence electrons. The molecule has 0 aromatic heterocycles. The van der Waals surface area contributed by atoms with Crippen molar-refractivity contribution in [3.63, 3.8) is 0 Å². The highest BCUT2D eigenvalue weighted by molar-refractivity contribution is 7.90. The van der Waals surface area contributed by atoms with Gasteiger partial charge in [-0.15, -0.1) is 0 Å². The molecule has 0 fully saturated rings. The van der Waals surface area contributed by atoms with E-state index in [0.29, 0.717) is 0 Å². The molecule has 0 saturated carbocycles. The highest BCUT2D eigenvalue weighted by Gasteiger charge is 2.29. The molecule has 0 aromatic rings. The fourth-order valence-electron chi connectivity index (χ4n) is 0.252. The molecule has 0 aliphatic heterocycles. The Morgan fingerprint density at radius 1 is 1.45 bits per heavy atom. The van der Waals surface area contributed by atoms with E-state index in [0.717, 1.165) is 6.26 Å². The van der Waals surface area contributed by atoms with Crippen LogP contribution in [0, 0.1) is 6.61 Å². The number of rotatable bonds is 3. The molecule has 0 bridgehead atoms. The van der Waals surface area contributed by atoms with Crippen molar-refractivity contribution in [1.82, 2.24) is 0 Å². The van der Waals surface area contributed by atoms with E-state index in [1.165, 1.54) is 0 Å². The molecule has 0 aliphatic carbocycles. The van der Waals surface area contributed by atoms with Crippen LogP contribution in [0.5, 0.6) is 0 Å². The minimum absolute atomic E-state index is 0.464. The van der Waals surface area contributed by atoms with E-state index in [9.17, 15) is 21.6 Å². The van der Waals surface area contributed by atoms with Gasteiger partial charge in [0.25, 0.3) is 0 Å². The summed E-state index contributed by atoms with van der Waals surface area (Å²) in [5.74, 6) is -0.952. The topological polar surface area (TPSA) is 43.4 Å². The van der Waals surface area contributed by atoms with E-state index in [1.54, 1.807) is 0 Å². The van der Waals surface area contributed by atoms with Gasteiger partial charge < -0.3 is 4.74 Å². The molecule has 0 saturated heterocycles. The lowest BCUT2D eigenvalue weighted by Crippen LogP contribution is -2.14. The lowest BCUT2D eigenvalue weighted by atomic mass is 10.7. The minimum Gasteiger partial charge on any atom is -0.350 e. The van der Waals surface area contributed by atoms with Gasteiger partial charge in [-0.2, -0.15) is 13.2 Å². The van der Waals surface area contributed by atoms with Gasteiger partial charge in [0, 0.05) is 6.26 Å². The van der Waals surface area contributed by atoms with E-state index >= 15 is 0 Å². The molecule has 0 N–H and O–H groups in total. The highest BCUT2D eigenvalue weighted by atomic mass is 32.2. The van der Waals surface area contributed by atoms with Crippen molar-refractivity contribution in [2.24, 2.45) is 0 Å². The molecule has 11 heavy (non-hydrogen) atoms. The first-order valence-electron chi connectivity index (χ1n) is 2.41. The summed E-state index contributed by atoms with van der Waals surface area (Å²) in [7, 11) is -3.50. The van der Waals surface area contributed by atoms with Gasteiger partial charge in [0.1, 0.15) is 5.94 Å². The van der Waals surface area contributed by atoms with Gasteiger partial charge in [0.05, 0.1) is 0 Å². The number of hydrogen-bond acceptors (Lipinski definition) is 3. The monoisotopic (exact) mass is 191 g/mol. The van der Waals surface area contributed by atoms with Crippen molar-refractivity contribution in [3.05, 3.63) is 6.61 Å². The third-order valence-corrected chi connectivity index (χ3v) is 1.06. The summed E-state index contributed by atoms with van der Waals surface area (Å²) in [6, 6.07) is 0. The van der Waals surface area contributed by atoms with Crippen LogP contribution in [-0.4, -0.2) is 26.8 Å². The van der Waals surface area contributed by atoms with Crippen molar-refractivity contribution in [2.45, 2.75) is 6.18 Å². The maximum absolute atomic E-state index is 11.3. The molecule has 0 aliphatic rings. The maximum Gasteiger partial charge on any atom is 0.417 e. The summed E-state index contributed by atoms with van der Waals surface area (Å²) in [5, 5.41) is 0. The predicted molar refractivity (Wildman–Crippen MR) is 31.2 cm³/mol. The molecular formula is C4H6F3O3S. The first-order valence-corrected chi connectivity index (χ1v) is 4.47. The van der Waals surface area contributed by atoms with E-state index in [-0.39, 0.29) is 0 Å². The molecule has 3 nitrogen and oxygen atoms in total. The summed E-state index contributed by atoms with van der Waals surface area (Å²) in [5.41, 5.74) is 0. The molecule has 0 atom stereocenters. The van der Waals surface area contributed by atoms with Crippen LogP contribution in [-0.2, 0) is 14.6 Å². The normalized spacial score (nSPS) is 13.5. The second-order valence-electron chi connectivity index (χ2n) is 1.87. The van der Waals surface area contributed by atoms with Crippen LogP contribution in [0.15, 0.2) is 0 Å². The molecule has 0 amide bonds. The fraction of sp³-hybridized carbons (Fsp3) is 0.750. The molecule has 0 unspecified atom stereocenters. The van der Waals surface area contributed by atoms with E-state index < -0.39 is 28.6 Å². The fourth-order valence-corrected chi connectivity index (χ4v) is 0.567. The molecule has 0 aromatic carbocycles. The van der Waals surface area contributed by atoms with Crippen LogP contribution in [0.25, 0.3) is 0 Å². The van der Waals surface area contributed by atoms with Crippen molar-refractivity contribution in [2.75, 3.05) is 12.2 Å². The second kappa shape index (κ2) is 3.40. The average Bonchev–Trinajstić information content (AvgIpc) is 1.55. The largest absolute Gasteiger partial charge is 0.417 e.